The number of nitrogens with zero attached hydrogens (tertiary/aromatic N) is 3. The lowest BCUT2D eigenvalue weighted by atomic mass is 10.1. The molecule has 26 heavy (non-hydrogen) atoms. The molecule has 0 radical (unpaired) electrons. The van der Waals surface area contributed by atoms with Gasteiger partial charge in [0.1, 0.15) is 5.75 Å². The maximum Gasteiger partial charge on any atom is 0.344 e. The largest absolute Gasteiger partial charge is 0.479 e. The van der Waals surface area contributed by atoms with Crippen molar-refractivity contribution in [2.75, 3.05) is 31.1 Å². The average molecular weight is 355 g/mol. The summed E-state index contributed by atoms with van der Waals surface area (Å²) in [6.07, 6.45) is 3.25. The fourth-order valence-corrected chi connectivity index (χ4v) is 3.30. The highest BCUT2D eigenvalue weighted by atomic mass is 16.5. The second kappa shape index (κ2) is 8.67. The Balaban J connectivity index is 1.53. The van der Waals surface area contributed by atoms with Gasteiger partial charge >= 0.3 is 5.97 Å². The van der Waals surface area contributed by atoms with Crippen molar-refractivity contribution < 1.29 is 14.6 Å². The molecule has 0 saturated carbocycles. The molecular formula is C20H25N3O3. The SMILES string of the molecule is CC1CN(c2ccncc2)CCN1CCC(Oc1ccccc1)C(=O)O. The van der Waals surface area contributed by atoms with E-state index in [4.69, 9.17) is 4.74 Å². The molecule has 138 valence electrons. The molecule has 1 aromatic carbocycles. The number of pyridine rings is 1. The molecule has 2 heterocycles. The molecule has 1 aliphatic heterocycles. The summed E-state index contributed by atoms with van der Waals surface area (Å²) < 4.78 is 5.65. The molecule has 3 rings (SSSR count). The third-order valence-electron chi connectivity index (χ3n) is 4.77. The summed E-state index contributed by atoms with van der Waals surface area (Å²) in [7, 11) is 0. The minimum absolute atomic E-state index is 0.350. The van der Waals surface area contributed by atoms with Crippen LogP contribution in [0.2, 0.25) is 0 Å². The number of carboxylic acid groups (broad SMARTS) is 1. The Labute approximate surface area is 154 Å². The van der Waals surface area contributed by atoms with Gasteiger partial charge in [-0.05, 0) is 31.2 Å². The van der Waals surface area contributed by atoms with Crippen LogP contribution < -0.4 is 9.64 Å². The van der Waals surface area contributed by atoms with Gasteiger partial charge in [-0.25, -0.2) is 4.79 Å². The summed E-state index contributed by atoms with van der Waals surface area (Å²) in [5, 5.41) is 9.46. The van der Waals surface area contributed by atoms with Crippen molar-refractivity contribution in [2.24, 2.45) is 0 Å². The van der Waals surface area contributed by atoms with E-state index >= 15 is 0 Å². The quantitative estimate of drug-likeness (QED) is 0.823. The minimum atomic E-state index is -0.920. The molecule has 1 N–H and O–H groups in total. The van der Waals surface area contributed by atoms with Crippen molar-refractivity contribution in [1.82, 2.24) is 9.88 Å². The van der Waals surface area contributed by atoms with Gasteiger partial charge < -0.3 is 14.7 Å². The van der Waals surface area contributed by atoms with Gasteiger partial charge in [-0.15, -0.1) is 0 Å². The standard InChI is InChI=1S/C20H25N3O3/c1-16-15-23(17-7-10-21-11-8-17)14-13-22(16)12-9-19(20(24)25)26-18-5-3-2-4-6-18/h2-8,10-11,16,19H,9,12-15H2,1H3,(H,24,25). The zero-order chi connectivity index (χ0) is 18.4. The van der Waals surface area contributed by atoms with Crippen LogP contribution in [0.1, 0.15) is 13.3 Å². The van der Waals surface area contributed by atoms with Gasteiger partial charge in [0.25, 0.3) is 0 Å². The molecule has 2 aromatic rings. The van der Waals surface area contributed by atoms with E-state index in [9.17, 15) is 9.90 Å². The molecule has 0 bridgehead atoms. The van der Waals surface area contributed by atoms with Crippen molar-refractivity contribution in [3.05, 3.63) is 54.9 Å². The molecule has 2 atom stereocenters. The van der Waals surface area contributed by atoms with E-state index in [1.165, 1.54) is 5.69 Å². The number of ether oxygens (including phenoxy) is 1. The predicted molar refractivity (Wildman–Crippen MR) is 101 cm³/mol. The molecule has 1 fully saturated rings. The number of carboxylic acids is 1. The summed E-state index contributed by atoms with van der Waals surface area (Å²) in [5.74, 6) is -0.326. The second-order valence-electron chi connectivity index (χ2n) is 6.58. The Morgan fingerprint density at radius 1 is 1.23 bits per heavy atom. The van der Waals surface area contributed by atoms with E-state index in [1.807, 2.05) is 42.7 Å². The number of aliphatic carboxylic acids is 1. The number of aromatic nitrogens is 1. The van der Waals surface area contributed by atoms with Crippen LogP contribution >= 0.6 is 0 Å². The van der Waals surface area contributed by atoms with Crippen LogP contribution in [-0.4, -0.2) is 59.3 Å². The van der Waals surface area contributed by atoms with Crippen molar-refractivity contribution in [1.29, 1.82) is 0 Å². The monoisotopic (exact) mass is 355 g/mol. The number of piperazine rings is 1. The second-order valence-corrected chi connectivity index (χ2v) is 6.58. The molecule has 2 unspecified atom stereocenters. The number of anilines is 1. The molecule has 1 aromatic heterocycles. The fraction of sp³-hybridized carbons (Fsp3) is 0.400. The van der Waals surface area contributed by atoms with Gasteiger partial charge in [0.2, 0.25) is 0 Å². The number of benzene rings is 1. The zero-order valence-electron chi connectivity index (χ0n) is 15.0. The lowest BCUT2D eigenvalue weighted by Crippen LogP contribution is -2.52. The molecule has 0 aliphatic carbocycles. The van der Waals surface area contributed by atoms with E-state index in [1.54, 1.807) is 12.1 Å². The first-order chi connectivity index (χ1) is 12.6. The molecule has 1 aliphatic rings. The summed E-state index contributed by atoms with van der Waals surface area (Å²) in [6.45, 7) is 5.63. The Morgan fingerprint density at radius 3 is 2.62 bits per heavy atom. The van der Waals surface area contributed by atoms with Gasteiger partial charge in [-0.1, -0.05) is 18.2 Å². The van der Waals surface area contributed by atoms with Gasteiger partial charge in [-0.2, -0.15) is 0 Å². The highest BCUT2D eigenvalue weighted by Crippen LogP contribution is 2.19. The molecule has 1 saturated heterocycles. The number of carbonyl (C=O) groups is 1. The molecule has 0 amide bonds. The van der Waals surface area contributed by atoms with E-state index in [2.05, 4.69) is 21.7 Å². The summed E-state index contributed by atoms with van der Waals surface area (Å²) in [4.78, 5) is 20.3. The molecular weight excluding hydrogens is 330 g/mol. The third-order valence-corrected chi connectivity index (χ3v) is 4.77. The van der Waals surface area contributed by atoms with Gasteiger partial charge in [0.15, 0.2) is 6.10 Å². The number of para-hydroxylation sites is 1. The first-order valence-electron chi connectivity index (χ1n) is 8.97. The first-order valence-corrected chi connectivity index (χ1v) is 8.97. The van der Waals surface area contributed by atoms with Gasteiger partial charge in [0.05, 0.1) is 0 Å². The van der Waals surface area contributed by atoms with Gasteiger partial charge in [-0.3, -0.25) is 9.88 Å². The van der Waals surface area contributed by atoms with Crippen LogP contribution in [0.4, 0.5) is 5.69 Å². The number of hydrogen-bond acceptors (Lipinski definition) is 5. The highest BCUT2D eigenvalue weighted by molar-refractivity contribution is 5.72. The van der Waals surface area contributed by atoms with Crippen molar-refractivity contribution in [2.45, 2.75) is 25.5 Å². The molecule has 0 spiro atoms. The van der Waals surface area contributed by atoms with Crippen LogP contribution in [0.5, 0.6) is 5.75 Å². The van der Waals surface area contributed by atoms with Crippen molar-refractivity contribution in [3.63, 3.8) is 0 Å². The topological polar surface area (TPSA) is 65.9 Å². The lowest BCUT2D eigenvalue weighted by molar-refractivity contribution is -0.145. The Morgan fingerprint density at radius 2 is 1.96 bits per heavy atom. The van der Waals surface area contributed by atoms with Crippen molar-refractivity contribution >= 4 is 11.7 Å². The molecule has 6 heteroatoms. The summed E-state index contributed by atoms with van der Waals surface area (Å²) in [6, 6.07) is 13.5. The summed E-state index contributed by atoms with van der Waals surface area (Å²) in [5.41, 5.74) is 1.18. The Bertz CT molecular complexity index is 696. The fourth-order valence-electron chi connectivity index (χ4n) is 3.30. The van der Waals surface area contributed by atoms with Gasteiger partial charge in [0, 0.05) is 56.7 Å². The van der Waals surface area contributed by atoms with Crippen molar-refractivity contribution in [3.8, 4) is 5.75 Å². The Hall–Kier alpha value is -2.60. The first kappa shape index (κ1) is 18.2. The average Bonchev–Trinajstić information content (AvgIpc) is 2.67. The van der Waals surface area contributed by atoms with Crippen LogP contribution in [0.25, 0.3) is 0 Å². The summed E-state index contributed by atoms with van der Waals surface area (Å²) >= 11 is 0. The smallest absolute Gasteiger partial charge is 0.344 e. The van der Waals surface area contributed by atoms with Crippen LogP contribution in [0, 0.1) is 0 Å². The van der Waals surface area contributed by atoms with E-state index in [-0.39, 0.29) is 0 Å². The zero-order valence-corrected chi connectivity index (χ0v) is 15.0. The maximum absolute atomic E-state index is 11.5. The van der Waals surface area contributed by atoms with E-state index < -0.39 is 12.1 Å². The van der Waals surface area contributed by atoms with Crippen LogP contribution in [0.15, 0.2) is 54.9 Å². The minimum Gasteiger partial charge on any atom is -0.479 e. The predicted octanol–water partition coefficient (Wildman–Crippen LogP) is 2.51. The lowest BCUT2D eigenvalue weighted by Gasteiger charge is -2.41. The van der Waals surface area contributed by atoms with E-state index in [0.29, 0.717) is 24.8 Å². The Kier molecular flexibility index (Phi) is 6.07. The van der Waals surface area contributed by atoms with Crippen LogP contribution in [0.3, 0.4) is 0 Å². The molecule has 6 nitrogen and oxygen atoms in total. The number of hydrogen-bond donors (Lipinski definition) is 1. The normalized spacial score (nSPS) is 19.1. The number of rotatable bonds is 7. The highest BCUT2D eigenvalue weighted by Gasteiger charge is 2.26. The third kappa shape index (κ3) is 4.73. The maximum atomic E-state index is 11.5. The van der Waals surface area contributed by atoms with E-state index in [0.717, 1.165) is 19.6 Å². The van der Waals surface area contributed by atoms with Crippen LogP contribution in [-0.2, 0) is 4.79 Å².